The molecule has 0 spiro atoms. The summed E-state index contributed by atoms with van der Waals surface area (Å²) < 4.78 is 21.3. The second kappa shape index (κ2) is 13.9. The molecule has 0 saturated carbocycles. The summed E-state index contributed by atoms with van der Waals surface area (Å²) in [5.41, 5.74) is 0. The predicted molar refractivity (Wildman–Crippen MR) is 79.8 cm³/mol. The lowest BCUT2D eigenvalue weighted by Crippen LogP contribution is -2.15. The molecule has 0 aromatic heterocycles. The molecule has 2 unspecified atom stereocenters. The second-order valence-corrected chi connectivity index (χ2v) is 6.08. The van der Waals surface area contributed by atoms with Gasteiger partial charge in [-0.05, 0) is 12.8 Å². The van der Waals surface area contributed by atoms with E-state index in [1.807, 2.05) is 0 Å². The van der Waals surface area contributed by atoms with Crippen LogP contribution in [-0.4, -0.2) is 35.6 Å². The van der Waals surface area contributed by atoms with Gasteiger partial charge in [-0.15, -0.1) is 9.05 Å². The lowest BCUT2D eigenvalue weighted by Gasteiger charge is -2.06. The summed E-state index contributed by atoms with van der Waals surface area (Å²) in [6.07, 6.45) is 6.32. The number of hydrogen-bond acceptors (Lipinski definition) is 5. The van der Waals surface area contributed by atoms with E-state index in [-0.39, 0.29) is 13.2 Å². The van der Waals surface area contributed by atoms with Gasteiger partial charge in [0.15, 0.2) is 0 Å². The Labute approximate surface area is 123 Å². The van der Waals surface area contributed by atoms with Crippen LogP contribution in [0.15, 0.2) is 0 Å². The molecule has 0 radical (unpaired) electrons. The topological polar surface area (TPSA) is 76.0 Å². The fourth-order valence-electron chi connectivity index (χ4n) is 1.76. The highest BCUT2D eigenvalue weighted by Gasteiger charge is 2.24. The molecule has 2 N–H and O–H groups in total. The van der Waals surface area contributed by atoms with Gasteiger partial charge in [-0.25, -0.2) is 0 Å². The van der Waals surface area contributed by atoms with Crippen LogP contribution in [0.4, 0.5) is 0 Å². The van der Waals surface area contributed by atoms with E-state index in [9.17, 15) is 14.8 Å². The maximum absolute atomic E-state index is 11.4. The Morgan fingerprint density at radius 3 is 1.60 bits per heavy atom. The van der Waals surface area contributed by atoms with Crippen molar-refractivity contribution in [2.24, 2.45) is 0 Å². The van der Waals surface area contributed by atoms with Gasteiger partial charge in [0.25, 0.3) is 0 Å². The molecule has 120 valence electrons. The molecule has 2 atom stereocenters. The zero-order valence-electron chi connectivity index (χ0n) is 12.8. The van der Waals surface area contributed by atoms with Crippen LogP contribution >= 0.6 is 8.25 Å². The van der Waals surface area contributed by atoms with Gasteiger partial charge in [0.2, 0.25) is 0 Å². The molecule has 0 rings (SSSR count). The van der Waals surface area contributed by atoms with Gasteiger partial charge in [-0.2, -0.15) is 0 Å². The molecule has 0 aromatic rings. The van der Waals surface area contributed by atoms with Crippen molar-refractivity contribution in [1.82, 2.24) is 0 Å². The predicted octanol–water partition coefficient (Wildman–Crippen LogP) is 3.56. The van der Waals surface area contributed by atoms with E-state index in [2.05, 4.69) is 13.8 Å². The molecule has 0 aromatic carbocycles. The zero-order chi connectivity index (χ0) is 15.2. The first-order chi connectivity index (χ1) is 9.60. The van der Waals surface area contributed by atoms with Gasteiger partial charge in [-0.3, -0.25) is 0 Å². The Balaban J connectivity index is 3.52. The molecule has 5 nitrogen and oxygen atoms in total. The Hall–Kier alpha value is -0.0600. The quantitative estimate of drug-likeness (QED) is 0.379. The zero-order valence-corrected chi connectivity index (χ0v) is 13.7. The molecular weight excluding hydrogens is 279 g/mol. The van der Waals surface area contributed by atoms with Gasteiger partial charge in [0, 0.05) is 4.57 Å². The molecule has 0 amide bonds. The number of aliphatic hydroxyl groups is 2. The first-order valence-electron chi connectivity index (χ1n) is 7.69. The van der Waals surface area contributed by atoms with E-state index in [0.717, 1.165) is 38.5 Å². The second-order valence-electron chi connectivity index (χ2n) is 5.11. The van der Waals surface area contributed by atoms with Gasteiger partial charge in [0.05, 0.1) is 12.2 Å². The largest absolute Gasteiger partial charge is 0.697 e. The Kier molecular flexibility index (Phi) is 13.9. The van der Waals surface area contributed by atoms with Crippen LogP contribution in [-0.2, 0) is 13.6 Å². The average Bonchev–Trinajstić information content (AvgIpc) is 2.43. The van der Waals surface area contributed by atoms with Crippen molar-refractivity contribution in [3.05, 3.63) is 0 Å². The summed E-state index contributed by atoms with van der Waals surface area (Å²) in [5.74, 6) is 0. The van der Waals surface area contributed by atoms with Crippen LogP contribution < -0.4 is 0 Å². The summed E-state index contributed by atoms with van der Waals surface area (Å²) in [6, 6.07) is 0. The van der Waals surface area contributed by atoms with E-state index in [4.69, 9.17) is 9.05 Å². The third-order valence-corrected chi connectivity index (χ3v) is 3.75. The number of rotatable bonds is 14. The highest BCUT2D eigenvalue weighted by atomic mass is 31.1. The molecule has 0 bridgehead atoms. The highest BCUT2D eigenvalue weighted by molar-refractivity contribution is 7.33. The summed E-state index contributed by atoms with van der Waals surface area (Å²) >= 11 is 0. The summed E-state index contributed by atoms with van der Waals surface area (Å²) in [5, 5.41) is 19.2. The van der Waals surface area contributed by atoms with Crippen LogP contribution in [0.5, 0.6) is 0 Å². The smallest absolute Gasteiger partial charge is 0.391 e. The molecule has 0 aliphatic rings. The summed E-state index contributed by atoms with van der Waals surface area (Å²) in [7, 11) is -2.25. The maximum atomic E-state index is 11.4. The minimum Gasteiger partial charge on any atom is -0.391 e. The van der Waals surface area contributed by atoms with E-state index in [1.165, 1.54) is 0 Å². The van der Waals surface area contributed by atoms with Crippen LogP contribution in [0.25, 0.3) is 0 Å². The van der Waals surface area contributed by atoms with Crippen molar-refractivity contribution < 1.29 is 23.8 Å². The SMILES string of the molecule is CCCCCC(O)CO[P+](=O)OCC(O)CCCCC. The summed E-state index contributed by atoms with van der Waals surface area (Å²) in [4.78, 5) is 0. The minimum atomic E-state index is -2.25. The van der Waals surface area contributed by atoms with E-state index in [1.54, 1.807) is 0 Å². The first-order valence-corrected chi connectivity index (χ1v) is 8.78. The number of unbranched alkanes of at least 4 members (excludes halogenated alkanes) is 4. The van der Waals surface area contributed by atoms with E-state index < -0.39 is 20.5 Å². The first kappa shape index (κ1) is 19.9. The van der Waals surface area contributed by atoms with Crippen molar-refractivity contribution in [2.75, 3.05) is 13.2 Å². The minimum absolute atomic E-state index is 0.0187. The Morgan fingerprint density at radius 1 is 0.850 bits per heavy atom. The van der Waals surface area contributed by atoms with Crippen molar-refractivity contribution >= 4 is 8.25 Å². The molecule has 0 heterocycles. The van der Waals surface area contributed by atoms with Crippen LogP contribution in [0.3, 0.4) is 0 Å². The lowest BCUT2D eigenvalue weighted by molar-refractivity contribution is 0.0692. The van der Waals surface area contributed by atoms with E-state index in [0.29, 0.717) is 12.8 Å². The third-order valence-electron chi connectivity index (χ3n) is 3.03. The van der Waals surface area contributed by atoms with Gasteiger partial charge >= 0.3 is 8.25 Å². The van der Waals surface area contributed by atoms with Crippen LogP contribution in [0, 0.1) is 0 Å². The van der Waals surface area contributed by atoms with E-state index >= 15 is 0 Å². The third kappa shape index (κ3) is 12.9. The highest BCUT2D eigenvalue weighted by Crippen LogP contribution is 2.25. The molecule has 0 saturated heterocycles. The Bertz CT molecular complexity index is 216. The molecule has 0 fully saturated rings. The molecule has 20 heavy (non-hydrogen) atoms. The lowest BCUT2D eigenvalue weighted by atomic mass is 10.1. The van der Waals surface area contributed by atoms with Crippen LogP contribution in [0.2, 0.25) is 0 Å². The van der Waals surface area contributed by atoms with Crippen molar-refractivity contribution in [2.45, 2.75) is 77.4 Å². The summed E-state index contributed by atoms with van der Waals surface area (Å²) in [6.45, 7) is 4.23. The number of aliphatic hydroxyl groups excluding tert-OH is 2. The fourth-order valence-corrected chi connectivity index (χ4v) is 2.42. The Morgan fingerprint density at radius 2 is 1.25 bits per heavy atom. The fraction of sp³-hybridized carbons (Fsp3) is 1.00. The standard InChI is InChI=1S/C14H30O5P/c1-3-5-7-9-13(15)11-18-20(17)19-12-14(16)10-8-6-4-2/h13-16H,3-12H2,1-2H3/q+1. The van der Waals surface area contributed by atoms with Crippen molar-refractivity contribution in [1.29, 1.82) is 0 Å². The molecule has 6 heteroatoms. The molecular formula is C14H30O5P+. The number of hydrogen-bond donors (Lipinski definition) is 2. The molecule has 0 aliphatic heterocycles. The van der Waals surface area contributed by atoms with Gasteiger partial charge < -0.3 is 10.2 Å². The average molecular weight is 309 g/mol. The normalized spacial score (nSPS) is 15.1. The van der Waals surface area contributed by atoms with Crippen LogP contribution in [0.1, 0.15) is 65.2 Å². The van der Waals surface area contributed by atoms with Crippen molar-refractivity contribution in [3.8, 4) is 0 Å². The maximum Gasteiger partial charge on any atom is 0.697 e. The van der Waals surface area contributed by atoms with Gasteiger partial charge in [0.1, 0.15) is 13.2 Å². The van der Waals surface area contributed by atoms with Gasteiger partial charge in [-0.1, -0.05) is 52.4 Å². The molecule has 0 aliphatic carbocycles. The monoisotopic (exact) mass is 309 g/mol. The van der Waals surface area contributed by atoms with Crippen molar-refractivity contribution in [3.63, 3.8) is 0 Å².